The summed E-state index contributed by atoms with van der Waals surface area (Å²) in [4.78, 5) is 4.08. The zero-order valence-electron chi connectivity index (χ0n) is 11.1. The fourth-order valence-corrected chi connectivity index (χ4v) is 2.44. The first kappa shape index (κ1) is 14.5. The molecule has 3 heteroatoms. The third-order valence-electron chi connectivity index (χ3n) is 3.10. The molecule has 0 amide bonds. The number of pyridine rings is 1. The number of benzene rings is 1. The molecule has 0 fully saturated rings. The summed E-state index contributed by atoms with van der Waals surface area (Å²) in [5.41, 5.74) is 2.67. The van der Waals surface area contributed by atoms with Gasteiger partial charge in [0.2, 0.25) is 0 Å². The minimum atomic E-state index is 0.374. The first-order valence-electron chi connectivity index (χ1n) is 6.67. The van der Waals surface area contributed by atoms with E-state index in [1.165, 1.54) is 14.7 Å². The van der Waals surface area contributed by atoms with Crippen molar-refractivity contribution in [2.24, 2.45) is 0 Å². The highest BCUT2D eigenvalue weighted by Gasteiger charge is 2.11. The van der Waals surface area contributed by atoms with Gasteiger partial charge in [-0.2, -0.15) is 0 Å². The van der Waals surface area contributed by atoms with Crippen LogP contribution in [0, 0.1) is 3.57 Å². The van der Waals surface area contributed by atoms with Crippen molar-refractivity contribution in [3.63, 3.8) is 0 Å². The Morgan fingerprint density at radius 3 is 2.42 bits per heavy atom. The number of rotatable bonds is 6. The summed E-state index contributed by atoms with van der Waals surface area (Å²) in [6.45, 7) is 3.24. The minimum absolute atomic E-state index is 0.374. The number of hydrogen-bond acceptors (Lipinski definition) is 2. The van der Waals surface area contributed by atoms with Gasteiger partial charge in [-0.3, -0.25) is 4.98 Å². The van der Waals surface area contributed by atoms with Crippen LogP contribution in [-0.4, -0.2) is 11.5 Å². The van der Waals surface area contributed by atoms with E-state index in [2.05, 4.69) is 76.2 Å². The van der Waals surface area contributed by atoms with Crippen LogP contribution < -0.4 is 5.32 Å². The second kappa shape index (κ2) is 7.60. The predicted molar refractivity (Wildman–Crippen MR) is 88.1 cm³/mol. The van der Waals surface area contributed by atoms with Gasteiger partial charge in [0, 0.05) is 22.0 Å². The standard InChI is InChI=1S/C16H19IN2/c1-2-9-19-16(12-13-7-10-18-11-8-13)14-3-5-15(17)6-4-14/h3-8,10-11,16,19H,2,9,12H2,1H3. The Bertz CT molecular complexity index is 482. The molecule has 2 rings (SSSR count). The summed E-state index contributed by atoms with van der Waals surface area (Å²) < 4.78 is 1.28. The van der Waals surface area contributed by atoms with Crippen molar-refractivity contribution in [3.8, 4) is 0 Å². The van der Waals surface area contributed by atoms with Crippen LogP contribution >= 0.6 is 22.6 Å². The molecular weight excluding hydrogens is 347 g/mol. The molecule has 100 valence electrons. The molecule has 19 heavy (non-hydrogen) atoms. The smallest absolute Gasteiger partial charge is 0.0360 e. The summed E-state index contributed by atoms with van der Waals surface area (Å²) in [5.74, 6) is 0. The first-order valence-corrected chi connectivity index (χ1v) is 7.75. The maximum atomic E-state index is 4.08. The molecule has 1 N–H and O–H groups in total. The van der Waals surface area contributed by atoms with Crippen LogP contribution in [0.2, 0.25) is 0 Å². The van der Waals surface area contributed by atoms with Crippen LogP contribution in [0.1, 0.15) is 30.5 Å². The lowest BCUT2D eigenvalue weighted by Crippen LogP contribution is -2.24. The number of hydrogen-bond donors (Lipinski definition) is 1. The van der Waals surface area contributed by atoms with E-state index in [1.54, 1.807) is 0 Å². The molecule has 0 saturated carbocycles. The molecule has 1 atom stereocenters. The van der Waals surface area contributed by atoms with Gasteiger partial charge in [-0.25, -0.2) is 0 Å². The van der Waals surface area contributed by atoms with Crippen molar-refractivity contribution in [2.75, 3.05) is 6.54 Å². The molecule has 0 bridgehead atoms. The first-order chi connectivity index (χ1) is 9.29. The zero-order valence-corrected chi connectivity index (χ0v) is 13.3. The molecule has 2 aromatic rings. The normalized spacial score (nSPS) is 12.3. The molecule has 0 aliphatic heterocycles. The second-order valence-electron chi connectivity index (χ2n) is 4.62. The molecule has 1 aromatic carbocycles. The summed E-state index contributed by atoms with van der Waals surface area (Å²) in [5, 5.41) is 3.63. The van der Waals surface area contributed by atoms with E-state index in [0.717, 1.165) is 19.4 Å². The summed E-state index contributed by atoms with van der Waals surface area (Å²) in [6.07, 6.45) is 5.88. The van der Waals surface area contributed by atoms with Crippen molar-refractivity contribution >= 4 is 22.6 Å². The Kier molecular flexibility index (Phi) is 5.79. The van der Waals surface area contributed by atoms with Crippen molar-refractivity contribution in [2.45, 2.75) is 25.8 Å². The van der Waals surface area contributed by atoms with Gasteiger partial charge in [0.1, 0.15) is 0 Å². The van der Waals surface area contributed by atoms with E-state index in [0.29, 0.717) is 6.04 Å². The number of nitrogens with one attached hydrogen (secondary N) is 1. The molecule has 0 radical (unpaired) electrons. The summed E-state index contributed by atoms with van der Waals surface area (Å²) in [7, 11) is 0. The summed E-state index contributed by atoms with van der Waals surface area (Å²) in [6, 6.07) is 13.3. The molecular formula is C16H19IN2. The van der Waals surface area contributed by atoms with Crippen LogP contribution in [0.4, 0.5) is 0 Å². The van der Waals surface area contributed by atoms with Crippen LogP contribution in [0.25, 0.3) is 0 Å². The Morgan fingerprint density at radius 2 is 1.79 bits per heavy atom. The third kappa shape index (κ3) is 4.58. The van der Waals surface area contributed by atoms with Crippen LogP contribution in [0.15, 0.2) is 48.8 Å². The summed E-state index contributed by atoms with van der Waals surface area (Å²) >= 11 is 2.34. The van der Waals surface area contributed by atoms with Crippen molar-refractivity contribution in [1.29, 1.82) is 0 Å². The van der Waals surface area contributed by atoms with E-state index < -0.39 is 0 Å². The third-order valence-corrected chi connectivity index (χ3v) is 3.82. The van der Waals surface area contributed by atoms with E-state index in [9.17, 15) is 0 Å². The number of nitrogens with zero attached hydrogens (tertiary/aromatic N) is 1. The maximum absolute atomic E-state index is 4.08. The molecule has 0 spiro atoms. The molecule has 0 saturated heterocycles. The number of aromatic nitrogens is 1. The quantitative estimate of drug-likeness (QED) is 0.783. The molecule has 1 unspecified atom stereocenters. The van der Waals surface area contributed by atoms with Crippen molar-refractivity contribution < 1.29 is 0 Å². The minimum Gasteiger partial charge on any atom is -0.310 e. The molecule has 2 nitrogen and oxygen atoms in total. The van der Waals surface area contributed by atoms with Gasteiger partial charge in [0.25, 0.3) is 0 Å². The highest BCUT2D eigenvalue weighted by atomic mass is 127. The van der Waals surface area contributed by atoms with Crippen LogP contribution in [-0.2, 0) is 6.42 Å². The van der Waals surface area contributed by atoms with Crippen molar-refractivity contribution in [1.82, 2.24) is 10.3 Å². The Morgan fingerprint density at radius 1 is 1.11 bits per heavy atom. The molecule has 0 aliphatic carbocycles. The topological polar surface area (TPSA) is 24.9 Å². The lowest BCUT2D eigenvalue weighted by molar-refractivity contribution is 0.529. The highest BCUT2D eigenvalue weighted by molar-refractivity contribution is 14.1. The fourth-order valence-electron chi connectivity index (χ4n) is 2.08. The predicted octanol–water partition coefficient (Wildman–Crippen LogP) is 3.97. The van der Waals surface area contributed by atoms with E-state index in [-0.39, 0.29) is 0 Å². The maximum Gasteiger partial charge on any atom is 0.0360 e. The SMILES string of the molecule is CCCNC(Cc1ccncc1)c1ccc(I)cc1. The average molecular weight is 366 g/mol. The van der Waals surface area contributed by atoms with E-state index >= 15 is 0 Å². The lowest BCUT2D eigenvalue weighted by Gasteiger charge is -2.19. The largest absolute Gasteiger partial charge is 0.310 e. The van der Waals surface area contributed by atoms with Crippen LogP contribution in [0.5, 0.6) is 0 Å². The monoisotopic (exact) mass is 366 g/mol. The Hall–Kier alpha value is -0.940. The number of halogens is 1. The lowest BCUT2D eigenvalue weighted by atomic mass is 9.99. The van der Waals surface area contributed by atoms with Crippen LogP contribution in [0.3, 0.4) is 0 Å². The Balaban J connectivity index is 2.13. The highest BCUT2D eigenvalue weighted by Crippen LogP contribution is 2.19. The fraction of sp³-hybridized carbons (Fsp3) is 0.312. The molecule has 1 aromatic heterocycles. The van der Waals surface area contributed by atoms with Gasteiger partial charge in [-0.05, 0) is 77.4 Å². The van der Waals surface area contributed by atoms with Gasteiger partial charge in [-0.15, -0.1) is 0 Å². The van der Waals surface area contributed by atoms with Gasteiger partial charge >= 0.3 is 0 Å². The average Bonchev–Trinajstić information content (AvgIpc) is 2.45. The van der Waals surface area contributed by atoms with Gasteiger partial charge < -0.3 is 5.32 Å². The zero-order chi connectivity index (χ0) is 13.5. The van der Waals surface area contributed by atoms with Gasteiger partial charge in [0.15, 0.2) is 0 Å². The van der Waals surface area contributed by atoms with E-state index in [4.69, 9.17) is 0 Å². The second-order valence-corrected chi connectivity index (χ2v) is 5.86. The Labute approximate surface area is 128 Å². The molecule has 0 aliphatic rings. The van der Waals surface area contributed by atoms with E-state index in [1.807, 2.05) is 12.4 Å². The van der Waals surface area contributed by atoms with Gasteiger partial charge in [-0.1, -0.05) is 19.1 Å². The molecule has 1 heterocycles. The van der Waals surface area contributed by atoms with Crippen molar-refractivity contribution in [3.05, 3.63) is 63.5 Å². The van der Waals surface area contributed by atoms with Gasteiger partial charge in [0.05, 0.1) is 0 Å².